The summed E-state index contributed by atoms with van der Waals surface area (Å²) in [6.45, 7) is 0.659. The van der Waals surface area contributed by atoms with Gasteiger partial charge in [0.25, 0.3) is 5.91 Å². The van der Waals surface area contributed by atoms with Gasteiger partial charge in [-0.05, 0) is 49.2 Å². The molecule has 2 heterocycles. The lowest BCUT2D eigenvalue weighted by molar-refractivity contribution is -0.123. The number of carbonyl (C=O) groups is 3. The molecule has 0 radical (unpaired) electrons. The van der Waals surface area contributed by atoms with Crippen molar-refractivity contribution in [3.05, 3.63) is 59.1 Å². The Kier molecular flexibility index (Phi) is 5.10. The monoisotopic (exact) mass is 422 g/mol. The number of nitrogens with zero attached hydrogens (tertiary/aromatic N) is 2. The minimum absolute atomic E-state index is 0.275. The molecule has 1 spiro atoms. The molecular formula is C22H19ClN4O3. The van der Waals surface area contributed by atoms with Crippen LogP contribution in [0.15, 0.2) is 48.5 Å². The molecule has 8 heteroatoms. The zero-order valence-electron chi connectivity index (χ0n) is 16.0. The number of piperidine rings is 1. The van der Waals surface area contributed by atoms with Crippen LogP contribution in [0.1, 0.15) is 18.4 Å². The Bertz CT molecular complexity index is 1070. The van der Waals surface area contributed by atoms with Gasteiger partial charge in [0.2, 0.25) is 0 Å². The Labute approximate surface area is 179 Å². The van der Waals surface area contributed by atoms with E-state index < -0.39 is 11.6 Å². The van der Waals surface area contributed by atoms with Crippen LogP contribution in [-0.4, -0.2) is 41.5 Å². The SMILES string of the molecule is C#Cc1cccc(NC(=O)N2CCC3(CC2)NC(=O)N(c2cccc(Cl)c2)C3=O)c1. The maximum Gasteiger partial charge on any atom is 0.329 e. The third kappa shape index (κ3) is 3.58. The van der Waals surface area contributed by atoms with E-state index in [4.69, 9.17) is 18.0 Å². The summed E-state index contributed by atoms with van der Waals surface area (Å²) < 4.78 is 0. The number of hydrogen-bond acceptors (Lipinski definition) is 3. The number of terminal acetylenes is 1. The smallest absolute Gasteiger partial charge is 0.324 e. The fourth-order valence-corrected chi connectivity index (χ4v) is 3.97. The van der Waals surface area contributed by atoms with Gasteiger partial charge in [-0.3, -0.25) is 4.79 Å². The Morgan fingerprint density at radius 2 is 1.87 bits per heavy atom. The van der Waals surface area contributed by atoms with Crippen molar-refractivity contribution in [1.82, 2.24) is 10.2 Å². The maximum atomic E-state index is 13.1. The second-order valence-electron chi connectivity index (χ2n) is 7.28. The Balaban J connectivity index is 1.43. The first-order valence-electron chi connectivity index (χ1n) is 9.47. The quantitative estimate of drug-likeness (QED) is 0.574. The number of anilines is 2. The van der Waals surface area contributed by atoms with E-state index in [-0.39, 0.29) is 11.9 Å². The largest absolute Gasteiger partial charge is 0.329 e. The van der Waals surface area contributed by atoms with E-state index >= 15 is 0 Å². The van der Waals surface area contributed by atoms with Gasteiger partial charge in [0.05, 0.1) is 5.69 Å². The highest BCUT2D eigenvalue weighted by molar-refractivity contribution is 6.31. The fraction of sp³-hybridized carbons (Fsp3) is 0.227. The Morgan fingerprint density at radius 1 is 1.13 bits per heavy atom. The molecule has 2 aromatic rings. The minimum atomic E-state index is -1.01. The molecule has 7 nitrogen and oxygen atoms in total. The van der Waals surface area contributed by atoms with Gasteiger partial charge in [-0.25, -0.2) is 14.5 Å². The third-order valence-corrected chi connectivity index (χ3v) is 5.65. The van der Waals surface area contributed by atoms with Crippen molar-refractivity contribution in [2.45, 2.75) is 18.4 Å². The summed E-state index contributed by atoms with van der Waals surface area (Å²) in [7, 11) is 0. The first-order valence-corrected chi connectivity index (χ1v) is 9.84. The van der Waals surface area contributed by atoms with Gasteiger partial charge in [0, 0.05) is 29.4 Å². The van der Waals surface area contributed by atoms with Crippen molar-refractivity contribution < 1.29 is 14.4 Å². The van der Waals surface area contributed by atoms with Gasteiger partial charge in [0.1, 0.15) is 5.54 Å². The summed E-state index contributed by atoms with van der Waals surface area (Å²) in [5.74, 6) is 2.20. The zero-order chi connectivity index (χ0) is 21.3. The molecule has 5 amide bonds. The number of rotatable bonds is 2. The first-order chi connectivity index (χ1) is 14.4. The van der Waals surface area contributed by atoms with Crippen molar-refractivity contribution in [2.75, 3.05) is 23.3 Å². The molecule has 30 heavy (non-hydrogen) atoms. The van der Waals surface area contributed by atoms with Crippen LogP contribution in [0.2, 0.25) is 5.02 Å². The van der Waals surface area contributed by atoms with Crippen LogP contribution in [0.25, 0.3) is 0 Å². The number of benzene rings is 2. The molecule has 0 saturated carbocycles. The third-order valence-electron chi connectivity index (χ3n) is 5.41. The second kappa shape index (κ2) is 7.73. The van der Waals surface area contributed by atoms with E-state index in [9.17, 15) is 14.4 Å². The molecule has 2 aliphatic heterocycles. The van der Waals surface area contributed by atoms with E-state index in [0.717, 1.165) is 4.90 Å². The lowest BCUT2D eigenvalue weighted by atomic mass is 9.87. The average Bonchev–Trinajstić information content (AvgIpc) is 2.97. The molecular weight excluding hydrogens is 404 g/mol. The van der Waals surface area contributed by atoms with Crippen molar-refractivity contribution in [1.29, 1.82) is 0 Å². The molecule has 2 aliphatic rings. The highest BCUT2D eigenvalue weighted by Gasteiger charge is 2.53. The van der Waals surface area contributed by atoms with Gasteiger partial charge < -0.3 is 15.5 Å². The van der Waals surface area contributed by atoms with Crippen LogP contribution < -0.4 is 15.5 Å². The van der Waals surface area contributed by atoms with E-state index in [1.165, 1.54) is 0 Å². The fourth-order valence-electron chi connectivity index (χ4n) is 3.79. The van der Waals surface area contributed by atoms with Crippen molar-refractivity contribution in [2.24, 2.45) is 0 Å². The number of hydrogen-bond donors (Lipinski definition) is 2. The standard InChI is InChI=1S/C22H19ClN4O3/c1-2-15-5-3-7-17(13-15)24-20(29)26-11-9-22(10-12-26)19(28)27(21(30)25-22)18-8-4-6-16(23)14-18/h1,3-8,13-14H,9-12H2,(H,24,29)(H,25,30). The molecule has 152 valence electrons. The molecule has 0 atom stereocenters. The van der Waals surface area contributed by atoms with E-state index in [1.807, 2.05) is 0 Å². The number of amides is 5. The van der Waals surface area contributed by atoms with Crippen molar-refractivity contribution >= 4 is 40.9 Å². The molecule has 4 rings (SSSR count). The number of carbonyl (C=O) groups excluding carboxylic acids is 3. The molecule has 2 N–H and O–H groups in total. The van der Waals surface area contributed by atoms with Gasteiger partial charge >= 0.3 is 12.1 Å². The van der Waals surface area contributed by atoms with Crippen LogP contribution >= 0.6 is 11.6 Å². The molecule has 2 fully saturated rings. The van der Waals surface area contributed by atoms with Gasteiger partial charge in [0.15, 0.2) is 0 Å². The van der Waals surface area contributed by atoms with Crippen LogP contribution in [0.3, 0.4) is 0 Å². The topological polar surface area (TPSA) is 81.8 Å². The van der Waals surface area contributed by atoms with Gasteiger partial charge in [-0.1, -0.05) is 29.7 Å². The van der Waals surface area contributed by atoms with Crippen LogP contribution in [0.4, 0.5) is 21.0 Å². The van der Waals surface area contributed by atoms with Crippen LogP contribution in [0.5, 0.6) is 0 Å². The minimum Gasteiger partial charge on any atom is -0.324 e. The van der Waals surface area contributed by atoms with Crippen LogP contribution in [0, 0.1) is 12.3 Å². The number of likely N-dealkylation sites (tertiary alicyclic amines) is 1. The number of nitrogens with one attached hydrogen (secondary N) is 2. The number of imide groups is 1. The predicted molar refractivity (Wildman–Crippen MR) is 114 cm³/mol. The van der Waals surface area contributed by atoms with Gasteiger partial charge in [-0.15, -0.1) is 6.42 Å². The Hall–Kier alpha value is -3.50. The zero-order valence-corrected chi connectivity index (χ0v) is 16.8. The average molecular weight is 423 g/mol. The number of halogens is 1. The first kappa shape index (κ1) is 19.8. The molecule has 0 unspecified atom stereocenters. The predicted octanol–water partition coefficient (Wildman–Crippen LogP) is 3.44. The molecule has 2 aromatic carbocycles. The maximum absolute atomic E-state index is 13.1. The van der Waals surface area contributed by atoms with E-state index in [0.29, 0.717) is 47.9 Å². The normalized spacial score (nSPS) is 17.6. The summed E-state index contributed by atoms with van der Waals surface area (Å²) in [4.78, 5) is 41.0. The Morgan fingerprint density at radius 3 is 2.57 bits per heavy atom. The molecule has 2 saturated heterocycles. The van der Waals surface area contributed by atoms with Gasteiger partial charge in [-0.2, -0.15) is 0 Å². The summed E-state index contributed by atoms with van der Waals surface area (Å²) in [6, 6.07) is 12.9. The lowest BCUT2D eigenvalue weighted by Gasteiger charge is -2.37. The molecule has 0 aliphatic carbocycles. The highest BCUT2D eigenvalue weighted by atomic mass is 35.5. The van der Waals surface area contributed by atoms with Crippen molar-refractivity contribution in [3.63, 3.8) is 0 Å². The van der Waals surface area contributed by atoms with E-state index in [2.05, 4.69) is 16.6 Å². The van der Waals surface area contributed by atoms with Crippen LogP contribution in [-0.2, 0) is 4.79 Å². The lowest BCUT2D eigenvalue weighted by Crippen LogP contribution is -2.56. The highest BCUT2D eigenvalue weighted by Crippen LogP contribution is 2.33. The second-order valence-corrected chi connectivity index (χ2v) is 7.71. The summed E-state index contributed by atoms with van der Waals surface area (Å²) in [5, 5.41) is 6.08. The van der Waals surface area contributed by atoms with Crippen molar-refractivity contribution in [3.8, 4) is 12.3 Å². The summed E-state index contributed by atoms with van der Waals surface area (Å²) >= 11 is 6.00. The summed E-state index contributed by atoms with van der Waals surface area (Å²) in [6.07, 6.45) is 6.05. The summed E-state index contributed by atoms with van der Waals surface area (Å²) in [5.41, 5.74) is 0.689. The number of urea groups is 2. The molecule has 0 bridgehead atoms. The molecule has 0 aromatic heterocycles. The van der Waals surface area contributed by atoms with E-state index in [1.54, 1.807) is 53.4 Å².